The lowest BCUT2D eigenvalue weighted by atomic mass is 9.96. The Labute approximate surface area is 128 Å². The van der Waals surface area contributed by atoms with Crippen LogP contribution in [0.15, 0.2) is 60.9 Å². The van der Waals surface area contributed by atoms with Crippen molar-refractivity contribution in [1.82, 2.24) is 4.98 Å². The van der Waals surface area contributed by atoms with E-state index >= 15 is 0 Å². The fraction of sp³-hybridized carbons (Fsp3) is 0.211. The number of hydrogen-bond acceptors (Lipinski definition) is 1. The van der Waals surface area contributed by atoms with Crippen molar-refractivity contribution in [3.05, 3.63) is 77.6 Å². The summed E-state index contributed by atoms with van der Waals surface area (Å²) in [4.78, 5) is 3.98. The van der Waals surface area contributed by atoms with E-state index in [1.165, 1.54) is 40.2 Å². The minimum atomic E-state index is 1.19. The third-order valence-corrected chi connectivity index (χ3v) is 3.36. The molecular weight excluding hydrogens is 253 g/mol. The standard InChI is InChI=1S/C12H13B.C7H9N/c13-8-7-10-5-6-11-3-1-2-4-12(11)9-10;1-6-3-7(2)5-8-4-6/h1-6,9H,7-8,13H2;3-5H,1-2H3. The SMILES string of the molecule is BCCc1ccc2ccccc2c1.Cc1cncc(C)c1. The van der Waals surface area contributed by atoms with E-state index in [-0.39, 0.29) is 0 Å². The maximum atomic E-state index is 3.98. The number of pyridine rings is 1. The van der Waals surface area contributed by atoms with Crippen LogP contribution < -0.4 is 0 Å². The molecule has 2 heteroatoms. The first kappa shape index (κ1) is 15.3. The Hall–Kier alpha value is -2.09. The van der Waals surface area contributed by atoms with Gasteiger partial charge in [-0.05, 0) is 47.7 Å². The third-order valence-electron chi connectivity index (χ3n) is 3.36. The summed E-state index contributed by atoms with van der Waals surface area (Å²) in [6.07, 6.45) is 6.11. The summed E-state index contributed by atoms with van der Waals surface area (Å²) < 4.78 is 0. The van der Waals surface area contributed by atoms with Gasteiger partial charge in [0.15, 0.2) is 0 Å². The average molecular weight is 275 g/mol. The second-order valence-electron chi connectivity index (χ2n) is 5.47. The highest BCUT2D eigenvalue weighted by atomic mass is 14.6. The molecule has 0 saturated heterocycles. The minimum Gasteiger partial charge on any atom is -0.264 e. The van der Waals surface area contributed by atoms with Gasteiger partial charge < -0.3 is 0 Å². The molecule has 0 saturated carbocycles. The van der Waals surface area contributed by atoms with Crippen LogP contribution in [0.5, 0.6) is 0 Å². The van der Waals surface area contributed by atoms with E-state index in [2.05, 4.69) is 61.4 Å². The zero-order chi connectivity index (χ0) is 15.1. The van der Waals surface area contributed by atoms with Crippen molar-refractivity contribution in [2.45, 2.75) is 26.6 Å². The van der Waals surface area contributed by atoms with Crippen LogP contribution in [0.1, 0.15) is 16.7 Å². The van der Waals surface area contributed by atoms with Crippen molar-refractivity contribution in [3.8, 4) is 0 Å². The summed E-state index contributed by atoms with van der Waals surface area (Å²) in [7, 11) is 2.22. The van der Waals surface area contributed by atoms with Crippen LogP contribution in [-0.2, 0) is 6.42 Å². The van der Waals surface area contributed by atoms with E-state index in [1.807, 2.05) is 26.2 Å². The van der Waals surface area contributed by atoms with E-state index in [0.29, 0.717) is 0 Å². The molecule has 0 aliphatic heterocycles. The second-order valence-corrected chi connectivity index (χ2v) is 5.47. The van der Waals surface area contributed by atoms with Gasteiger partial charge in [0.25, 0.3) is 0 Å². The van der Waals surface area contributed by atoms with Crippen molar-refractivity contribution >= 4 is 18.6 Å². The Morgan fingerprint density at radius 1 is 0.857 bits per heavy atom. The molecule has 0 amide bonds. The van der Waals surface area contributed by atoms with Gasteiger partial charge in [-0.1, -0.05) is 54.9 Å². The molecule has 0 fully saturated rings. The number of fused-ring (bicyclic) bond motifs is 1. The molecule has 1 heterocycles. The molecule has 0 N–H and O–H groups in total. The molecule has 0 bridgehead atoms. The topological polar surface area (TPSA) is 12.9 Å². The molecule has 0 unspecified atom stereocenters. The summed E-state index contributed by atoms with van der Waals surface area (Å²) in [6, 6.07) is 17.3. The van der Waals surface area contributed by atoms with Crippen molar-refractivity contribution < 1.29 is 0 Å². The van der Waals surface area contributed by atoms with Gasteiger partial charge in [-0.15, -0.1) is 0 Å². The molecule has 3 rings (SSSR count). The normalized spacial score (nSPS) is 10.0. The summed E-state index contributed by atoms with van der Waals surface area (Å²) >= 11 is 0. The highest BCUT2D eigenvalue weighted by Crippen LogP contribution is 2.16. The van der Waals surface area contributed by atoms with E-state index < -0.39 is 0 Å². The van der Waals surface area contributed by atoms with Crippen molar-refractivity contribution in [2.24, 2.45) is 0 Å². The van der Waals surface area contributed by atoms with E-state index in [9.17, 15) is 0 Å². The van der Waals surface area contributed by atoms with Gasteiger partial charge >= 0.3 is 0 Å². The van der Waals surface area contributed by atoms with Crippen LogP contribution in [0.2, 0.25) is 6.32 Å². The van der Waals surface area contributed by atoms with Crippen LogP contribution in [0, 0.1) is 13.8 Å². The molecule has 3 aromatic rings. The molecule has 0 aliphatic rings. The molecule has 0 spiro atoms. The maximum Gasteiger partial charge on any atom is 0.101 e. The first-order valence-corrected chi connectivity index (χ1v) is 7.55. The van der Waals surface area contributed by atoms with Crippen LogP contribution in [0.4, 0.5) is 0 Å². The molecule has 2 aromatic carbocycles. The quantitative estimate of drug-likeness (QED) is 0.641. The van der Waals surface area contributed by atoms with Crippen molar-refractivity contribution in [3.63, 3.8) is 0 Å². The zero-order valence-corrected chi connectivity index (χ0v) is 13.1. The Balaban J connectivity index is 0.000000173. The third kappa shape index (κ3) is 4.75. The molecule has 1 aromatic heterocycles. The molecule has 0 radical (unpaired) electrons. The van der Waals surface area contributed by atoms with Crippen molar-refractivity contribution in [1.29, 1.82) is 0 Å². The number of nitrogens with zero attached hydrogens (tertiary/aromatic N) is 1. The van der Waals surface area contributed by atoms with Crippen molar-refractivity contribution in [2.75, 3.05) is 0 Å². The largest absolute Gasteiger partial charge is 0.264 e. The fourth-order valence-corrected chi connectivity index (χ4v) is 2.39. The Kier molecular flexibility index (Phi) is 5.56. The van der Waals surface area contributed by atoms with Gasteiger partial charge in [0.1, 0.15) is 7.85 Å². The molecule has 1 nitrogen and oxygen atoms in total. The predicted molar refractivity (Wildman–Crippen MR) is 94.7 cm³/mol. The van der Waals surface area contributed by atoms with Gasteiger partial charge in [0.05, 0.1) is 0 Å². The molecule has 21 heavy (non-hydrogen) atoms. The van der Waals surface area contributed by atoms with Crippen LogP contribution in [0.3, 0.4) is 0 Å². The highest BCUT2D eigenvalue weighted by Gasteiger charge is 1.94. The fourth-order valence-electron chi connectivity index (χ4n) is 2.39. The summed E-state index contributed by atoms with van der Waals surface area (Å²) in [5.41, 5.74) is 3.90. The lowest BCUT2D eigenvalue weighted by molar-refractivity contribution is 1.14. The number of aromatic nitrogens is 1. The zero-order valence-electron chi connectivity index (χ0n) is 13.1. The molecule has 0 aliphatic carbocycles. The summed E-state index contributed by atoms with van der Waals surface area (Å²) in [6.45, 7) is 4.08. The van der Waals surface area contributed by atoms with Gasteiger partial charge in [0.2, 0.25) is 0 Å². The van der Waals surface area contributed by atoms with Crippen LogP contribution in [0.25, 0.3) is 10.8 Å². The number of aryl methyl sites for hydroxylation is 3. The lowest BCUT2D eigenvalue weighted by Gasteiger charge is -2.01. The molecule has 106 valence electrons. The Morgan fingerprint density at radius 2 is 1.52 bits per heavy atom. The maximum absolute atomic E-state index is 3.98. The van der Waals surface area contributed by atoms with Gasteiger partial charge in [-0.2, -0.15) is 0 Å². The van der Waals surface area contributed by atoms with E-state index in [4.69, 9.17) is 0 Å². The van der Waals surface area contributed by atoms with Gasteiger partial charge in [-0.25, -0.2) is 0 Å². The lowest BCUT2D eigenvalue weighted by Crippen LogP contribution is -1.83. The van der Waals surface area contributed by atoms with Gasteiger partial charge in [0, 0.05) is 12.4 Å². The summed E-state index contributed by atoms with van der Waals surface area (Å²) in [5.74, 6) is 0. The first-order valence-electron chi connectivity index (χ1n) is 7.55. The summed E-state index contributed by atoms with van der Waals surface area (Å²) in [5, 5.41) is 2.69. The average Bonchev–Trinajstić information content (AvgIpc) is 2.48. The Morgan fingerprint density at radius 3 is 2.10 bits per heavy atom. The van der Waals surface area contributed by atoms with Gasteiger partial charge in [-0.3, -0.25) is 4.98 Å². The van der Waals surface area contributed by atoms with Crippen LogP contribution >= 0.6 is 0 Å². The van der Waals surface area contributed by atoms with E-state index in [0.717, 1.165) is 0 Å². The molecule has 0 atom stereocenters. The first-order chi connectivity index (χ1) is 10.2. The smallest absolute Gasteiger partial charge is 0.101 e. The molecular formula is C19H22BN. The second kappa shape index (κ2) is 7.63. The Bertz CT molecular complexity index is 689. The van der Waals surface area contributed by atoms with E-state index in [1.54, 1.807) is 0 Å². The highest BCUT2D eigenvalue weighted by molar-refractivity contribution is 6.08. The predicted octanol–water partition coefficient (Wildman–Crippen LogP) is 4.13. The number of benzene rings is 2. The number of hydrogen-bond donors (Lipinski definition) is 0. The number of rotatable bonds is 2. The minimum absolute atomic E-state index is 1.19. The monoisotopic (exact) mass is 275 g/mol. The van der Waals surface area contributed by atoms with Crippen LogP contribution in [-0.4, -0.2) is 12.8 Å².